The van der Waals surface area contributed by atoms with Crippen molar-refractivity contribution in [2.45, 2.75) is 0 Å². The van der Waals surface area contributed by atoms with E-state index in [1.807, 2.05) is 36.4 Å². The van der Waals surface area contributed by atoms with Crippen molar-refractivity contribution in [1.82, 2.24) is 10.2 Å². The highest BCUT2D eigenvalue weighted by Crippen LogP contribution is 2.43. The Labute approximate surface area is 157 Å². The molecule has 0 bridgehead atoms. The lowest BCUT2D eigenvalue weighted by molar-refractivity contribution is -0.387. The van der Waals surface area contributed by atoms with E-state index in [4.69, 9.17) is 17.3 Å². The number of nitrogens with zero attached hydrogens (tertiary/aromatic N) is 2. The number of hydrogen-bond acceptors (Lipinski definition) is 4. The van der Waals surface area contributed by atoms with Crippen LogP contribution in [0, 0.1) is 15.9 Å². The molecule has 6 nitrogen and oxygen atoms in total. The first-order valence-corrected chi connectivity index (χ1v) is 8.31. The van der Waals surface area contributed by atoms with Crippen molar-refractivity contribution < 1.29 is 9.31 Å². The summed E-state index contributed by atoms with van der Waals surface area (Å²) in [6.07, 6.45) is 0. The zero-order chi connectivity index (χ0) is 19.1. The van der Waals surface area contributed by atoms with Crippen LogP contribution >= 0.6 is 11.6 Å². The van der Waals surface area contributed by atoms with Gasteiger partial charge in [0.05, 0.1) is 15.5 Å². The van der Waals surface area contributed by atoms with Gasteiger partial charge in [0.1, 0.15) is 0 Å². The molecule has 1 aromatic heterocycles. The molecule has 0 spiro atoms. The normalized spacial score (nSPS) is 11.0. The van der Waals surface area contributed by atoms with Gasteiger partial charge in [-0.05, 0) is 23.3 Å². The minimum absolute atomic E-state index is 0.275. The summed E-state index contributed by atoms with van der Waals surface area (Å²) in [6.45, 7) is 0. The van der Waals surface area contributed by atoms with Crippen molar-refractivity contribution in [1.29, 1.82) is 0 Å². The van der Waals surface area contributed by atoms with Crippen molar-refractivity contribution >= 4 is 34.0 Å². The topological polar surface area (TPSA) is 97.8 Å². The molecule has 0 atom stereocenters. The van der Waals surface area contributed by atoms with Crippen molar-refractivity contribution in [3.05, 3.63) is 75.6 Å². The van der Waals surface area contributed by atoms with Crippen LogP contribution in [0.1, 0.15) is 0 Å². The predicted molar refractivity (Wildman–Crippen MR) is 103 cm³/mol. The molecule has 0 aliphatic heterocycles. The molecular formula is C19H12ClFN4O2. The van der Waals surface area contributed by atoms with Gasteiger partial charge in [0, 0.05) is 22.6 Å². The number of rotatable bonds is 3. The number of nitro groups is 1. The lowest BCUT2D eigenvalue weighted by atomic mass is 9.95. The molecule has 0 saturated carbocycles. The third kappa shape index (κ3) is 2.78. The molecule has 0 amide bonds. The molecule has 0 aliphatic carbocycles. The second-order valence-corrected chi connectivity index (χ2v) is 6.31. The van der Waals surface area contributed by atoms with Crippen LogP contribution in [0.5, 0.6) is 0 Å². The SMILES string of the molecule is Nc1n[nH]c2c(-c3ccc(F)c([N+](=O)[O-])c3)c(Cl)c(-c3ccccc3)cc12. The summed E-state index contributed by atoms with van der Waals surface area (Å²) in [6, 6.07) is 14.9. The van der Waals surface area contributed by atoms with E-state index in [0.717, 1.165) is 17.7 Å². The Bertz CT molecular complexity index is 1190. The smallest absolute Gasteiger partial charge is 0.305 e. The molecule has 1 heterocycles. The Kier molecular flexibility index (Phi) is 4.01. The fraction of sp³-hybridized carbons (Fsp3) is 0. The molecule has 27 heavy (non-hydrogen) atoms. The summed E-state index contributed by atoms with van der Waals surface area (Å²) in [5, 5.41) is 19.0. The second-order valence-electron chi connectivity index (χ2n) is 5.93. The van der Waals surface area contributed by atoms with Crippen molar-refractivity contribution in [3.8, 4) is 22.3 Å². The molecule has 0 aliphatic rings. The number of benzene rings is 3. The van der Waals surface area contributed by atoms with Crippen LogP contribution in [0.25, 0.3) is 33.2 Å². The summed E-state index contributed by atoms with van der Waals surface area (Å²) in [5.74, 6) is -0.642. The molecule has 8 heteroatoms. The molecular weight excluding hydrogens is 371 g/mol. The summed E-state index contributed by atoms with van der Waals surface area (Å²) in [4.78, 5) is 10.4. The molecule has 134 valence electrons. The van der Waals surface area contributed by atoms with Gasteiger partial charge in [0.15, 0.2) is 5.82 Å². The number of aromatic nitrogens is 2. The summed E-state index contributed by atoms with van der Waals surface area (Å²) in [5.41, 5.74) is 8.27. The van der Waals surface area contributed by atoms with Crippen LogP contribution in [-0.4, -0.2) is 15.1 Å². The lowest BCUT2D eigenvalue weighted by Crippen LogP contribution is -1.94. The van der Waals surface area contributed by atoms with E-state index in [2.05, 4.69) is 10.2 Å². The van der Waals surface area contributed by atoms with Gasteiger partial charge in [-0.2, -0.15) is 9.49 Å². The number of nitro benzene ring substituents is 1. The molecule has 0 radical (unpaired) electrons. The number of anilines is 1. The molecule has 0 fully saturated rings. The predicted octanol–water partition coefficient (Wildman–Crippen LogP) is 5.18. The lowest BCUT2D eigenvalue weighted by Gasteiger charge is -2.12. The fourth-order valence-corrected chi connectivity index (χ4v) is 3.43. The zero-order valence-corrected chi connectivity index (χ0v) is 14.5. The molecule has 3 aromatic carbocycles. The van der Waals surface area contributed by atoms with Gasteiger partial charge in [0.2, 0.25) is 5.82 Å². The zero-order valence-electron chi connectivity index (χ0n) is 13.7. The Morgan fingerprint density at radius 1 is 1.11 bits per heavy atom. The summed E-state index contributed by atoms with van der Waals surface area (Å²) < 4.78 is 13.8. The number of H-pyrrole nitrogens is 1. The van der Waals surface area contributed by atoms with Gasteiger partial charge in [-0.15, -0.1) is 0 Å². The minimum atomic E-state index is -0.917. The molecule has 3 N–H and O–H groups in total. The van der Waals surface area contributed by atoms with Gasteiger partial charge in [-0.25, -0.2) is 0 Å². The van der Waals surface area contributed by atoms with E-state index in [1.165, 1.54) is 6.07 Å². The third-order valence-electron chi connectivity index (χ3n) is 4.34. The molecule has 0 unspecified atom stereocenters. The maximum Gasteiger partial charge on any atom is 0.305 e. The minimum Gasteiger partial charge on any atom is -0.382 e. The average Bonchev–Trinajstić information content (AvgIpc) is 3.03. The van der Waals surface area contributed by atoms with Crippen LogP contribution in [0.3, 0.4) is 0 Å². The van der Waals surface area contributed by atoms with Crippen LogP contribution < -0.4 is 5.73 Å². The van der Waals surface area contributed by atoms with Crippen LogP contribution in [0.15, 0.2) is 54.6 Å². The van der Waals surface area contributed by atoms with Gasteiger partial charge in [0.25, 0.3) is 0 Å². The second kappa shape index (κ2) is 6.37. The third-order valence-corrected chi connectivity index (χ3v) is 4.74. The van der Waals surface area contributed by atoms with Crippen molar-refractivity contribution in [2.24, 2.45) is 0 Å². The highest BCUT2D eigenvalue weighted by Gasteiger charge is 2.21. The van der Waals surface area contributed by atoms with E-state index in [-0.39, 0.29) is 5.82 Å². The van der Waals surface area contributed by atoms with Crippen LogP contribution in [0.4, 0.5) is 15.9 Å². The van der Waals surface area contributed by atoms with E-state index >= 15 is 0 Å². The molecule has 4 aromatic rings. The Balaban J connectivity index is 2.07. The standard InChI is InChI=1S/C19H12ClFN4O2/c20-17-12(10-4-2-1-3-5-10)9-13-18(23-24-19(13)22)16(17)11-6-7-14(21)15(8-11)25(26)27/h1-9H,(H3,22,23,24). The first kappa shape index (κ1) is 17.0. The van der Waals surface area contributed by atoms with Gasteiger partial charge < -0.3 is 5.73 Å². The number of nitrogens with one attached hydrogen (secondary N) is 1. The molecule has 4 rings (SSSR count). The quantitative estimate of drug-likeness (QED) is 0.376. The van der Waals surface area contributed by atoms with E-state index in [0.29, 0.717) is 32.6 Å². The largest absolute Gasteiger partial charge is 0.382 e. The summed E-state index contributed by atoms with van der Waals surface area (Å²) in [7, 11) is 0. The van der Waals surface area contributed by atoms with Crippen molar-refractivity contribution in [3.63, 3.8) is 0 Å². The Hall–Kier alpha value is -3.45. The van der Waals surface area contributed by atoms with Crippen LogP contribution in [0.2, 0.25) is 5.02 Å². The maximum atomic E-state index is 13.8. The number of halogens is 2. The Morgan fingerprint density at radius 3 is 2.56 bits per heavy atom. The first-order chi connectivity index (χ1) is 13.0. The summed E-state index contributed by atoms with van der Waals surface area (Å²) >= 11 is 6.69. The fourth-order valence-electron chi connectivity index (χ4n) is 3.06. The van der Waals surface area contributed by atoms with E-state index in [9.17, 15) is 14.5 Å². The van der Waals surface area contributed by atoms with Gasteiger partial charge in [-0.3, -0.25) is 15.2 Å². The highest BCUT2D eigenvalue weighted by molar-refractivity contribution is 6.38. The number of fused-ring (bicyclic) bond motifs is 1. The first-order valence-electron chi connectivity index (χ1n) is 7.93. The van der Waals surface area contributed by atoms with Crippen molar-refractivity contribution in [2.75, 3.05) is 5.73 Å². The highest BCUT2D eigenvalue weighted by atomic mass is 35.5. The number of hydrogen-bond donors (Lipinski definition) is 2. The monoisotopic (exact) mass is 382 g/mol. The van der Waals surface area contributed by atoms with Crippen LogP contribution in [-0.2, 0) is 0 Å². The number of aromatic amines is 1. The maximum absolute atomic E-state index is 13.8. The average molecular weight is 383 g/mol. The number of nitrogens with two attached hydrogens (primary N) is 1. The van der Waals surface area contributed by atoms with E-state index in [1.54, 1.807) is 0 Å². The Morgan fingerprint density at radius 2 is 1.85 bits per heavy atom. The van der Waals surface area contributed by atoms with Gasteiger partial charge in [-0.1, -0.05) is 48.0 Å². The number of nitrogen functional groups attached to an aromatic ring is 1. The van der Waals surface area contributed by atoms with E-state index < -0.39 is 16.4 Å². The van der Waals surface area contributed by atoms with Gasteiger partial charge >= 0.3 is 5.69 Å². The molecule has 0 saturated heterocycles.